The molecule has 5 heteroatoms. The fraction of sp³-hybridized carbons (Fsp3) is 0.522. The summed E-state index contributed by atoms with van der Waals surface area (Å²) in [7, 11) is 0. The van der Waals surface area contributed by atoms with E-state index in [2.05, 4.69) is 56.5 Å². The Kier molecular flexibility index (Phi) is 5.08. The van der Waals surface area contributed by atoms with Crippen molar-refractivity contribution >= 4 is 11.4 Å². The quantitative estimate of drug-likeness (QED) is 0.884. The van der Waals surface area contributed by atoms with Gasteiger partial charge < -0.3 is 19.9 Å². The molecule has 28 heavy (non-hydrogen) atoms. The second-order valence-electron chi connectivity index (χ2n) is 8.47. The van der Waals surface area contributed by atoms with Crippen LogP contribution in [0, 0.1) is 5.92 Å². The zero-order chi connectivity index (χ0) is 18.8. The van der Waals surface area contributed by atoms with Crippen LogP contribution in [0.5, 0.6) is 5.75 Å². The van der Waals surface area contributed by atoms with Crippen LogP contribution >= 0.6 is 0 Å². The van der Waals surface area contributed by atoms with Crippen LogP contribution in [0.15, 0.2) is 48.8 Å². The lowest BCUT2D eigenvalue weighted by Crippen LogP contribution is -2.39. The van der Waals surface area contributed by atoms with Gasteiger partial charge in [0.15, 0.2) is 0 Å². The van der Waals surface area contributed by atoms with Gasteiger partial charge in [-0.2, -0.15) is 0 Å². The van der Waals surface area contributed by atoms with Gasteiger partial charge in [0.25, 0.3) is 0 Å². The van der Waals surface area contributed by atoms with Crippen LogP contribution in [0.2, 0.25) is 0 Å². The monoisotopic (exact) mass is 378 g/mol. The topological polar surface area (TPSA) is 40.6 Å². The summed E-state index contributed by atoms with van der Waals surface area (Å²) in [4.78, 5) is 9.44. The van der Waals surface area contributed by atoms with Crippen molar-refractivity contribution in [3.05, 3.63) is 48.8 Å². The predicted octanol–water partition coefficient (Wildman–Crippen LogP) is 3.32. The number of para-hydroxylation sites is 1. The summed E-state index contributed by atoms with van der Waals surface area (Å²) in [5, 5.41) is 3.68. The summed E-state index contributed by atoms with van der Waals surface area (Å²) < 4.78 is 6.34. The fourth-order valence-corrected chi connectivity index (χ4v) is 4.86. The number of pyridine rings is 1. The van der Waals surface area contributed by atoms with Gasteiger partial charge in [0, 0.05) is 56.8 Å². The van der Waals surface area contributed by atoms with Crippen molar-refractivity contribution in [2.75, 3.05) is 42.5 Å². The molecule has 4 aliphatic heterocycles. The van der Waals surface area contributed by atoms with E-state index in [-0.39, 0.29) is 6.10 Å². The molecule has 2 aromatic rings. The zero-order valence-corrected chi connectivity index (χ0v) is 16.5. The molecule has 5 nitrogen and oxygen atoms in total. The lowest BCUT2D eigenvalue weighted by atomic mass is 9.97. The van der Waals surface area contributed by atoms with Gasteiger partial charge in [-0.25, -0.2) is 0 Å². The molecular formula is C23H30N4O. The first-order chi connectivity index (χ1) is 13.8. The van der Waals surface area contributed by atoms with Gasteiger partial charge in [-0.15, -0.1) is 0 Å². The van der Waals surface area contributed by atoms with Crippen LogP contribution in [0.1, 0.15) is 25.7 Å². The number of fused-ring (bicyclic) bond motifs is 4. The molecular weight excluding hydrogens is 348 g/mol. The van der Waals surface area contributed by atoms with E-state index in [0.29, 0.717) is 6.04 Å². The number of nitrogens with zero attached hydrogens (tertiary/aromatic N) is 3. The van der Waals surface area contributed by atoms with Crippen LogP contribution in [0.25, 0.3) is 0 Å². The van der Waals surface area contributed by atoms with Crippen molar-refractivity contribution in [2.45, 2.75) is 37.8 Å². The molecule has 1 N–H and O–H groups in total. The number of hydrogen-bond donors (Lipinski definition) is 1. The Morgan fingerprint density at radius 1 is 0.893 bits per heavy atom. The number of benzene rings is 1. The van der Waals surface area contributed by atoms with Gasteiger partial charge in [0.1, 0.15) is 11.9 Å². The molecule has 4 saturated heterocycles. The molecule has 0 aliphatic carbocycles. The van der Waals surface area contributed by atoms with E-state index in [1.54, 1.807) is 0 Å². The van der Waals surface area contributed by atoms with Gasteiger partial charge in [0.05, 0.1) is 18.1 Å². The molecule has 0 radical (unpaired) electrons. The first kappa shape index (κ1) is 17.8. The van der Waals surface area contributed by atoms with Crippen molar-refractivity contribution in [2.24, 2.45) is 5.92 Å². The smallest absolute Gasteiger partial charge is 0.140 e. The summed E-state index contributed by atoms with van der Waals surface area (Å²) in [5.41, 5.74) is 2.52. The van der Waals surface area contributed by atoms with E-state index in [0.717, 1.165) is 57.2 Å². The Bertz CT molecular complexity index is 753. The highest BCUT2D eigenvalue weighted by Crippen LogP contribution is 2.29. The van der Waals surface area contributed by atoms with E-state index in [4.69, 9.17) is 4.74 Å². The first-order valence-corrected chi connectivity index (χ1v) is 10.7. The lowest BCUT2D eigenvalue weighted by Gasteiger charge is -2.33. The van der Waals surface area contributed by atoms with Crippen molar-refractivity contribution in [1.29, 1.82) is 0 Å². The molecule has 0 spiro atoms. The Hall–Kier alpha value is -2.27. The summed E-state index contributed by atoms with van der Waals surface area (Å²) in [6, 6.07) is 13.5. The maximum Gasteiger partial charge on any atom is 0.140 e. The highest BCUT2D eigenvalue weighted by atomic mass is 16.5. The Morgan fingerprint density at radius 2 is 1.75 bits per heavy atom. The lowest BCUT2D eigenvalue weighted by molar-refractivity contribution is 0.170. The van der Waals surface area contributed by atoms with Gasteiger partial charge >= 0.3 is 0 Å². The number of rotatable bonds is 4. The SMILES string of the molecule is c1ccc(N2CCC(Oc3cncc(N4CC5CCC(C4)NC5)c3)CC2)cc1. The van der Waals surface area contributed by atoms with Crippen molar-refractivity contribution < 1.29 is 4.74 Å². The molecule has 0 saturated carbocycles. The number of piperidine rings is 2. The second kappa shape index (κ2) is 8.00. The number of ether oxygens (including phenoxy) is 1. The maximum absolute atomic E-state index is 6.34. The minimum Gasteiger partial charge on any atom is -0.489 e. The molecule has 2 unspecified atom stereocenters. The van der Waals surface area contributed by atoms with E-state index in [1.807, 2.05) is 12.4 Å². The summed E-state index contributed by atoms with van der Waals surface area (Å²) in [6.07, 6.45) is 8.89. The molecule has 1 aromatic carbocycles. The molecule has 6 rings (SSSR count). The van der Waals surface area contributed by atoms with Crippen molar-refractivity contribution in [1.82, 2.24) is 10.3 Å². The Labute approximate surface area is 167 Å². The molecule has 2 atom stereocenters. The molecule has 2 bridgehead atoms. The number of anilines is 2. The molecule has 0 amide bonds. The first-order valence-electron chi connectivity index (χ1n) is 10.7. The number of aromatic nitrogens is 1. The average Bonchev–Trinajstić information content (AvgIpc) is 3.09. The van der Waals surface area contributed by atoms with Crippen molar-refractivity contribution in [3.8, 4) is 5.75 Å². The molecule has 4 fully saturated rings. The summed E-state index contributed by atoms with van der Waals surface area (Å²) in [6.45, 7) is 5.46. The van der Waals surface area contributed by atoms with Gasteiger partial charge in [-0.3, -0.25) is 4.98 Å². The van der Waals surface area contributed by atoms with E-state index >= 15 is 0 Å². The van der Waals surface area contributed by atoms with Crippen molar-refractivity contribution in [3.63, 3.8) is 0 Å². The zero-order valence-electron chi connectivity index (χ0n) is 16.5. The van der Waals surface area contributed by atoms with Crippen LogP contribution in [-0.4, -0.2) is 49.9 Å². The third-order valence-electron chi connectivity index (χ3n) is 6.47. The van der Waals surface area contributed by atoms with Crippen LogP contribution in [-0.2, 0) is 0 Å². The Morgan fingerprint density at radius 3 is 2.54 bits per heavy atom. The largest absolute Gasteiger partial charge is 0.489 e. The maximum atomic E-state index is 6.34. The van der Waals surface area contributed by atoms with Crippen LogP contribution < -0.4 is 19.9 Å². The van der Waals surface area contributed by atoms with Gasteiger partial charge in [-0.1, -0.05) is 18.2 Å². The minimum absolute atomic E-state index is 0.277. The van der Waals surface area contributed by atoms with E-state index < -0.39 is 0 Å². The summed E-state index contributed by atoms with van der Waals surface area (Å²) in [5.74, 6) is 1.67. The molecule has 4 aliphatic rings. The average molecular weight is 379 g/mol. The standard InChI is InChI=1S/C23H30N4O/c1-2-4-20(5-3-1)26-10-8-22(9-11-26)28-23-12-21(14-24-15-23)27-16-18-6-7-19(17-27)25-13-18/h1-5,12,14-15,18-19,22,25H,6-11,13,16-17H2. The second-order valence-corrected chi connectivity index (χ2v) is 8.47. The molecule has 5 heterocycles. The van der Waals surface area contributed by atoms with E-state index in [9.17, 15) is 0 Å². The van der Waals surface area contributed by atoms with E-state index in [1.165, 1.54) is 24.2 Å². The third-order valence-corrected chi connectivity index (χ3v) is 6.47. The third kappa shape index (κ3) is 3.95. The van der Waals surface area contributed by atoms with Crippen LogP contribution in [0.3, 0.4) is 0 Å². The number of hydrogen-bond acceptors (Lipinski definition) is 5. The highest BCUT2D eigenvalue weighted by Gasteiger charge is 2.29. The molecule has 148 valence electrons. The minimum atomic E-state index is 0.277. The molecule has 1 aromatic heterocycles. The summed E-state index contributed by atoms with van der Waals surface area (Å²) >= 11 is 0. The normalized spacial score (nSPS) is 25.6. The Balaban J connectivity index is 1.20. The highest BCUT2D eigenvalue weighted by molar-refractivity contribution is 5.49. The van der Waals surface area contributed by atoms with Gasteiger partial charge in [0.2, 0.25) is 0 Å². The van der Waals surface area contributed by atoms with Crippen LogP contribution in [0.4, 0.5) is 11.4 Å². The van der Waals surface area contributed by atoms with Gasteiger partial charge in [-0.05, 0) is 37.4 Å². The fourth-order valence-electron chi connectivity index (χ4n) is 4.86. The number of nitrogens with one attached hydrogen (secondary N) is 1. The predicted molar refractivity (Wildman–Crippen MR) is 113 cm³/mol.